The lowest BCUT2D eigenvalue weighted by Gasteiger charge is -2.40. The summed E-state index contributed by atoms with van der Waals surface area (Å²) in [5, 5.41) is 54.6. The monoisotopic (exact) mass is 1090 g/mol. The maximum absolute atomic E-state index is 13.1. The molecular weight excluding hydrogens is 959 g/mol. The summed E-state index contributed by atoms with van der Waals surface area (Å²) in [6.07, 6.45) is 69.7. The molecule has 0 aromatic rings. The predicted octanol–water partition coefficient (Wildman–Crippen LogP) is 17.9. The number of carbonyl (C=O) groups excluding carboxylic acids is 1. The third kappa shape index (κ3) is 46.7. The fraction of sp³-hybridized carbons (Fsp3) is 0.897. The predicted molar refractivity (Wildman–Crippen MR) is 327 cm³/mol. The number of unbranched alkanes of at least 4 members (excludes halogenated alkanes) is 45. The minimum absolute atomic E-state index is 0.172. The SMILES string of the molecule is CCCCCCCCCCCCCCC/C=C/C(O)C(COC1OC(CO)C(O)C(O)C1O)NC(=O)CCCCCCCCCCCCCCCCCCC/C=C\C/C=C\CCCCCCCCCCCCCCCCC. The van der Waals surface area contributed by atoms with E-state index in [1.165, 1.54) is 270 Å². The molecule has 7 atom stereocenters. The summed E-state index contributed by atoms with van der Waals surface area (Å²) in [7, 11) is 0. The van der Waals surface area contributed by atoms with Crippen LogP contribution in [0.4, 0.5) is 0 Å². The summed E-state index contributed by atoms with van der Waals surface area (Å²) in [4.78, 5) is 13.1. The van der Waals surface area contributed by atoms with E-state index in [4.69, 9.17) is 9.47 Å². The summed E-state index contributed by atoms with van der Waals surface area (Å²) in [5.41, 5.74) is 0. The first-order valence-electron chi connectivity index (χ1n) is 33.7. The van der Waals surface area contributed by atoms with Gasteiger partial charge in [0, 0.05) is 6.42 Å². The lowest BCUT2D eigenvalue weighted by Crippen LogP contribution is -2.60. The van der Waals surface area contributed by atoms with E-state index in [-0.39, 0.29) is 12.5 Å². The molecule has 9 nitrogen and oxygen atoms in total. The molecule has 1 rings (SSSR count). The number of carbonyl (C=O) groups is 1. The maximum Gasteiger partial charge on any atom is 0.220 e. The van der Waals surface area contributed by atoms with Crippen molar-refractivity contribution in [1.82, 2.24) is 5.32 Å². The van der Waals surface area contributed by atoms with E-state index in [9.17, 15) is 30.3 Å². The smallest absolute Gasteiger partial charge is 0.220 e. The van der Waals surface area contributed by atoms with Crippen LogP contribution in [0.2, 0.25) is 0 Å². The first kappa shape index (κ1) is 73.4. The summed E-state index contributed by atoms with van der Waals surface area (Å²) < 4.78 is 11.3. The Morgan fingerprint density at radius 2 is 0.766 bits per heavy atom. The van der Waals surface area contributed by atoms with Crippen molar-refractivity contribution in [2.24, 2.45) is 0 Å². The molecule has 7 unspecified atom stereocenters. The van der Waals surface area contributed by atoms with Crippen LogP contribution in [0.25, 0.3) is 0 Å². The zero-order valence-electron chi connectivity index (χ0n) is 50.7. The van der Waals surface area contributed by atoms with Crippen LogP contribution in [0.3, 0.4) is 0 Å². The Bertz CT molecular complexity index is 1310. The Hall–Kier alpha value is -1.59. The minimum Gasteiger partial charge on any atom is -0.394 e. The first-order chi connectivity index (χ1) is 37.8. The number of aliphatic hydroxyl groups is 5. The lowest BCUT2D eigenvalue weighted by atomic mass is 9.99. The van der Waals surface area contributed by atoms with Gasteiger partial charge < -0.3 is 40.3 Å². The molecule has 1 saturated heterocycles. The van der Waals surface area contributed by atoms with Crippen molar-refractivity contribution in [1.29, 1.82) is 0 Å². The zero-order valence-corrected chi connectivity index (χ0v) is 50.7. The van der Waals surface area contributed by atoms with E-state index in [1.54, 1.807) is 6.08 Å². The third-order valence-electron chi connectivity index (χ3n) is 16.2. The lowest BCUT2D eigenvalue weighted by molar-refractivity contribution is -0.302. The van der Waals surface area contributed by atoms with E-state index in [0.29, 0.717) is 6.42 Å². The molecule has 0 aromatic carbocycles. The third-order valence-corrected chi connectivity index (χ3v) is 16.2. The molecule has 0 saturated carbocycles. The van der Waals surface area contributed by atoms with E-state index < -0.39 is 49.5 Å². The molecule has 0 spiro atoms. The van der Waals surface area contributed by atoms with Crippen LogP contribution >= 0.6 is 0 Å². The van der Waals surface area contributed by atoms with Gasteiger partial charge in [0.2, 0.25) is 5.91 Å². The van der Waals surface area contributed by atoms with Gasteiger partial charge in [0.25, 0.3) is 0 Å². The largest absolute Gasteiger partial charge is 0.394 e. The number of aliphatic hydroxyl groups excluding tert-OH is 5. The van der Waals surface area contributed by atoms with Crippen LogP contribution in [0.5, 0.6) is 0 Å². The molecule has 0 bridgehead atoms. The molecule has 1 heterocycles. The van der Waals surface area contributed by atoms with Gasteiger partial charge in [0.05, 0.1) is 25.4 Å². The standard InChI is InChI=1S/C68H129NO8/c1-3-5-7-9-11-13-15-17-19-20-21-22-23-24-25-26-27-28-29-30-31-32-33-34-35-36-37-38-39-40-41-42-44-46-48-50-52-54-56-58-64(72)69-61(60-76-68-67(75)66(74)65(73)63(59-70)77-68)62(71)57-55-53-51-49-47-45-43-18-16-14-12-10-8-6-4-2/h27-28,30-31,55,57,61-63,65-68,70-71,73-75H,3-26,29,32-54,56,58-60H2,1-2H3,(H,69,72)/b28-27-,31-30-,57-55+. The molecule has 9 heteroatoms. The molecule has 1 amide bonds. The van der Waals surface area contributed by atoms with Gasteiger partial charge in [-0.3, -0.25) is 4.79 Å². The average molecular weight is 1090 g/mol. The fourth-order valence-corrected chi connectivity index (χ4v) is 10.9. The highest BCUT2D eigenvalue weighted by Gasteiger charge is 2.44. The van der Waals surface area contributed by atoms with Gasteiger partial charge in [-0.15, -0.1) is 0 Å². The van der Waals surface area contributed by atoms with E-state index in [0.717, 1.165) is 44.9 Å². The highest BCUT2D eigenvalue weighted by molar-refractivity contribution is 5.76. The minimum atomic E-state index is -1.57. The number of rotatable bonds is 59. The van der Waals surface area contributed by atoms with Crippen molar-refractivity contribution in [3.8, 4) is 0 Å². The number of amides is 1. The Morgan fingerprint density at radius 3 is 1.12 bits per heavy atom. The molecule has 1 fully saturated rings. The topological polar surface area (TPSA) is 149 Å². The van der Waals surface area contributed by atoms with Crippen LogP contribution < -0.4 is 5.32 Å². The summed E-state index contributed by atoms with van der Waals surface area (Å²) >= 11 is 0. The van der Waals surface area contributed by atoms with E-state index >= 15 is 0 Å². The molecule has 454 valence electrons. The number of hydrogen-bond donors (Lipinski definition) is 6. The maximum atomic E-state index is 13.1. The van der Waals surface area contributed by atoms with Gasteiger partial charge in [-0.2, -0.15) is 0 Å². The molecule has 77 heavy (non-hydrogen) atoms. The molecule has 1 aliphatic heterocycles. The van der Waals surface area contributed by atoms with Gasteiger partial charge >= 0.3 is 0 Å². The molecule has 6 N–H and O–H groups in total. The Labute approximate surface area is 476 Å². The quantitative estimate of drug-likeness (QED) is 0.0261. The molecule has 0 radical (unpaired) electrons. The Morgan fingerprint density at radius 1 is 0.442 bits per heavy atom. The summed E-state index contributed by atoms with van der Waals surface area (Å²) in [6.45, 7) is 3.81. The summed E-state index contributed by atoms with van der Waals surface area (Å²) in [5.74, 6) is -0.172. The average Bonchev–Trinajstić information content (AvgIpc) is 3.43. The van der Waals surface area contributed by atoms with Gasteiger partial charge in [-0.1, -0.05) is 314 Å². The molecule has 1 aliphatic rings. The molecule has 0 aliphatic carbocycles. The van der Waals surface area contributed by atoms with Crippen molar-refractivity contribution in [3.05, 3.63) is 36.5 Å². The molecule has 0 aromatic heterocycles. The van der Waals surface area contributed by atoms with Gasteiger partial charge in [-0.25, -0.2) is 0 Å². The Balaban J connectivity index is 2.05. The second-order valence-corrected chi connectivity index (χ2v) is 23.6. The van der Waals surface area contributed by atoms with Gasteiger partial charge in [-0.05, 0) is 51.4 Å². The highest BCUT2D eigenvalue weighted by Crippen LogP contribution is 2.23. The van der Waals surface area contributed by atoms with Crippen LogP contribution in [-0.4, -0.2) is 87.5 Å². The summed E-state index contributed by atoms with van der Waals surface area (Å²) in [6, 6.07) is -0.804. The van der Waals surface area contributed by atoms with E-state index in [1.807, 2.05) is 6.08 Å². The van der Waals surface area contributed by atoms with Crippen molar-refractivity contribution in [2.75, 3.05) is 13.2 Å². The first-order valence-corrected chi connectivity index (χ1v) is 33.7. The van der Waals surface area contributed by atoms with Crippen molar-refractivity contribution < 1.29 is 39.8 Å². The fourth-order valence-electron chi connectivity index (χ4n) is 10.9. The van der Waals surface area contributed by atoms with E-state index in [2.05, 4.69) is 43.5 Å². The van der Waals surface area contributed by atoms with Crippen molar-refractivity contribution >= 4 is 5.91 Å². The van der Waals surface area contributed by atoms with Crippen molar-refractivity contribution in [3.63, 3.8) is 0 Å². The van der Waals surface area contributed by atoms with Gasteiger partial charge in [0.1, 0.15) is 24.4 Å². The number of nitrogens with one attached hydrogen (secondary N) is 1. The van der Waals surface area contributed by atoms with Crippen LogP contribution in [0, 0.1) is 0 Å². The normalized spacial score (nSPS) is 18.9. The number of allylic oxidation sites excluding steroid dienone is 5. The van der Waals surface area contributed by atoms with Gasteiger partial charge in [0.15, 0.2) is 6.29 Å². The van der Waals surface area contributed by atoms with Crippen LogP contribution in [0.1, 0.15) is 335 Å². The second kappa shape index (κ2) is 57.6. The van der Waals surface area contributed by atoms with Crippen LogP contribution in [0.15, 0.2) is 36.5 Å². The second-order valence-electron chi connectivity index (χ2n) is 23.6. The number of ether oxygens (including phenoxy) is 2. The van der Waals surface area contributed by atoms with Crippen molar-refractivity contribution in [2.45, 2.75) is 378 Å². The molecular formula is C68H129NO8. The van der Waals surface area contributed by atoms with Crippen LogP contribution in [-0.2, 0) is 14.3 Å². The Kier molecular flexibility index (Phi) is 55.0. The number of hydrogen-bond acceptors (Lipinski definition) is 8. The zero-order chi connectivity index (χ0) is 55.8. The highest BCUT2D eigenvalue weighted by atomic mass is 16.7.